The van der Waals surface area contributed by atoms with E-state index >= 15 is 0 Å². The zero-order valence-corrected chi connectivity index (χ0v) is 21.0. The molecule has 8 heteroatoms. The molecule has 35 heavy (non-hydrogen) atoms. The number of benzene rings is 1. The maximum Gasteiger partial charge on any atom is 0.317 e. The minimum Gasteiger partial charge on any atom is -0.472 e. The van der Waals surface area contributed by atoms with Crippen molar-refractivity contribution in [1.29, 1.82) is 0 Å². The predicted molar refractivity (Wildman–Crippen MR) is 137 cm³/mol. The number of amides is 3. The molecule has 0 saturated carbocycles. The van der Waals surface area contributed by atoms with Gasteiger partial charge in [0.1, 0.15) is 11.7 Å². The van der Waals surface area contributed by atoms with Gasteiger partial charge in [-0.3, -0.25) is 4.79 Å². The van der Waals surface area contributed by atoms with Crippen LogP contribution in [0.1, 0.15) is 48.7 Å². The van der Waals surface area contributed by atoms with E-state index in [1.807, 2.05) is 63.3 Å². The Bertz CT molecular complexity index is 1030. The molecule has 3 amide bonds. The van der Waals surface area contributed by atoms with Gasteiger partial charge in [-0.05, 0) is 30.5 Å². The van der Waals surface area contributed by atoms with E-state index in [1.165, 1.54) is 0 Å². The van der Waals surface area contributed by atoms with Gasteiger partial charge in [-0.1, -0.05) is 56.3 Å². The third-order valence-corrected chi connectivity index (χ3v) is 6.14. The molecule has 0 saturated heterocycles. The number of nitrogens with one attached hydrogen (secondary N) is 1. The molecule has 0 aliphatic carbocycles. The van der Waals surface area contributed by atoms with Crippen LogP contribution in [0.3, 0.4) is 0 Å². The van der Waals surface area contributed by atoms with Gasteiger partial charge in [-0.15, -0.1) is 0 Å². The molecule has 3 rings (SSSR count). The van der Waals surface area contributed by atoms with Crippen LogP contribution in [-0.2, 0) is 0 Å². The van der Waals surface area contributed by atoms with E-state index in [1.54, 1.807) is 29.1 Å². The van der Waals surface area contributed by atoms with Crippen molar-refractivity contribution in [2.75, 3.05) is 33.3 Å². The quantitative estimate of drug-likeness (QED) is 0.603. The van der Waals surface area contributed by atoms with Crippen LogP contribution in [0.2, 0.25) is 0 Å². The van der Waals surface area contributed by atoms with E-state index in [0.717, 1.165) is 17.5 Å². The lowest BCUT2D eigenvalue weighted by Crippen LogP contribution is -2.51. The molecule has 1 aromatic heterocycles. The van der Waals surface area contributed by atoms with Crippen LogP contribution in [0, 0.1) is 5.92 Å². The summed E-state index contributed by atoms with van der Waals surface area (Å²) in [5, 5.41) is 12.7. The lowest BCUT2D eigenvalue weighted by Gasteiger charge is -2.37. The molecule has 0 bridgehead atoms. The highest BCUT2D eigenvalue weighted by atomic mass is 16.5. The number of likely N-dealkylation sites (N-methyl/N-ethyl adjacent to an activating group) is 1. The molecule has 0 fully saturated rings. The average Bonchev–Trinajstić information content (AvgIpc) is 2.88. The number of aliphatic hydroxyl groups excluding tert-OH is 1. The van der Waals surface area contributed by atoms with Crippen LogP contribution in [0.15, 0.2) is 42.6 Å². The Kier molecular flexibility index (Phi) is 9.25. The number of aliphatic hydroxyl groups is 1. The Morgan fingerprint density at radius 1 is 1.31 bits per heavy atom. The summed E-state index contributed by atoms with van der Waals surface area (Å²) in [7, 11) is 1.73. The monoisotopic (exact) mass is 480 g/mol. The molecule has 0 spiro atoms. The van der Waals surface area contributed by atoms with Crippen molar-refractivity contribution in [2.45, 2.75) is 39.3 Å². The minimum atomic E-state index is -0.383. The van der Waals surface area contributed by atoms with Crippen molar-refractivity contribution < 1.29 is 19.4 Å². The first-order chi connectivity index (χ1) is 16.8. The molecule has 1 aliphatic rings. The highest BCUT2D eigenvalue weighted by Gasteiger charge is 2.34. The van der Waals surface area contributed by atoms with E-state index in [2.05, 4.69) is 10.3 Å². The average molecular weight is 481 g/mol. The SMILES string of the molecule is CCCNC(=O)N(C)C[C@H]1Oc2ncc(/C=C/c3ccccc3)cc2C(=O)N([C@H](C)CO)C[C@H]1C. The molecule has 0 unspecified atom stereocenters. The van der Waals surface area contributed by atoms with E-state index in [-0.39, 0.29) is 42.5 Å². The van der Waals surface area contributed by atoms with Crippen molar-refractivity contribution >= 4 is 24.1 Å². The molecular weight excluding hydrogens is 444 g/mol. The molecule has 3 atom stereocenters. The lowest BCUT2D eigenvalue weighted by molar-refractivity contribution is 0.0352. The van der Waals surface area contributed by atoms with E-state index in [9.17, 15) is 14.7 Å². The van der Waals surface area contributed by atoms with Crippen LogP contribution in [0.25, 0.3) is 12.2 Å². The number of nitrogens with zero attached hydrogens (tertiary/aromatic N) is 3. The topological polar surface area (TPSA) is 95.0 Å². The number of rotatable bonds is 8. The summed E-state index contributed by atoms with van der Waals surface area (Å²) < 4.78 is 6.26. The summed E-state index contributed by atoms with van der Waals surface area (Å²) in [6, 6.07) is 11.1. The standard InChI is InChI=1S/C27H36N4O4/c1-5-13-28-27(34)30(4)17-24-19(2)16-31(20(3)18-32)26(33)23-14-22(15-29-25(23)35-24)12-11-21-9-7-6-8-10-21/h6-12,14-15,19-20,24,32H,5,13,16-18H2,1-4H3,(H,28,34)/b12-11+/t19-,20-,24-/m1/s1. The third kappa shape index (κ3) is 6.82. The van der Waals surface area contributed by atoms with E-state index < -0.39 is 0 Å². The number of fused-ring (bicyclic) bond motifs is 1. The smallest absolute Gasteiger partial charge is 0.317 e. The van der Waals surface area contributed by atoms with Gasteiger partial charge in [0.05, 0.1) is 19.2 Å². The van der Waals surface area contributed by atoms with Crippen LogP contribution >= 0.6 is 0 Å². The summed E-state index contributed by atoms with van der Waals surface area (Å²) >= 11 is 0. The van der Waals surface area contributed by atoms with Gasteiger partial charge in [0.2, 0.25) is 5.88 Å². The Hall–Kier alpha value is -3.39. The first-order valence-corrected chi connectivity index (χ1v) is 12.1. The fraction of sp³-hybridized carbons (Fsp3) is 0.444. The number of ether oxygens (including phenoxy) is 1. The normalized spacial score (nSPS) is 18.9. The number of carbonyl (C=O) groups excluding carboxylic acids is 2. The summed E-state index contributed by atoms with van der Waals surface area (Å²) in [6.45, 7) is 6.97. The highest BCUT2D eigenvalue weighted by Crippen LogP contribution is 2.28. The Morgan fingerprint density at radius 3 is 2.71 bits per heavy atom. The van der Waals surface area contributed by atoms with Gasteiger partial charge in [-0.25, -0.2) is 9.78 Å². The van der Waals surface area contributed by atoms with Gasteiger partial charge >= 0.3 is 6.03 Å². The Morgan fingerprint density at radius 2 is 2.03 bits per heavy atom. The van der Waals surface area contributed by atoms with Crippen molar-refractivity contribution in [1.82, 2.24) is 20.1 Å². The summed E-state index contributed by atoms with van der Waals surface area (Å²) in [5.74, 6) is -0.0914. The third-order valence-electron chi connectivity index (χ3n) is 6.14. The highest BCUT2D eigenvalue weighted by molar-refractivity contribution is 5.97. The fourth-order valence-electron chi connectivity index (χ4n) is 3.90. The number of aromatic nitrogens is 1. The van der Waals surface area contributed by atoms with E-state index in [4.69, 9.17) is 4.74 Å². The molecule has 1 aromatic carbocycles. The van der Waals surface area contributed by atoms with Gasteiger partial charge in [-0.2, -0.15) is 0 Å². The van der Waals surface area contributed by atoms with Crippen LogP contribution in [0.4, 0.5) is 4.79 Å². The fourth-order valence-corrected chi connectivity index (χ4v) is 3.90. The molecular formula is C27H36N4O4. The van der Waals surface area contributed by atoms with Gasteiger partial charge < -0.3 is 25.0 Å². The number of carbonyl (C=O) groups is 2. The van der Waals surface area contributed by atoms with Crippen molar-refractivity contribution in [3.63, 3.8) is 0 Å². The number of pyridine rings is 1. The van der Waals surface area contributed by atoms with Crippen LogP contribution in [-0.4, -0.2) is 77.3 Å². The summed E-state index contributed by atoms with van der Waals surface area (Å²) in [4.78, 5) is 33.7. The second-order valence-corrected chi connectivity index (χ2v) is 9.10. The number of urea groups is 1. The largest absolute Gasteiger partial charge is 0.472 e. The maximum absolute atomic E-state index is 13.5. The molecule has 188 valence electrons. The minimum absolute atomic E-state index is 0.0954. The Labute approximate surface area is 207 Å². The molecule has 8 nitrogen and oxygen atoms in total. The Balaban J connectivity index is 1.91. The van der Waals surface area contributed by atoms with Crippen molar-refractivity contribution in [3.8, 4) is 5.88 Å². The molecule has 2 N–H and O–H groups in total. The molecule has 2 heterocycles. The lowest BCUT2D eigenvalue weighted by atomic mass is 10.00. The van der Waals surface area contributed by atoms with Crippen molar-refractivity contribution in [3.05, 3.63) is 59.3 Å². The first kappa shape index (κ1) is 26.2. The van der Waals surface area contributed by atoms with Gasteiger partial charge in [0, 0.05) is 32.3 Å². The van der Waals surface area contributed by atoms with Crippen molar-refractivity contribution in [2.24, 2.45) is 5.92 Å². The van der Waals surface area contributed by atoms with Gasteiger partial charge in [0.25, 0.3) is 5.91 Å². The molecule has 1 aliphatic heterocycles. The summed E-state index contributed by atoms with van der Waals surface area (Å²) in [5.41, 5.74) is 2.15. The zero-order chi connectivity index (χ0) is 25.4. The number of hydrogen-bond acceptors (Lipinski definition) is 5. The van der Waals surface area contributed by atoms with Crippen LogP contribution < -0.4 is 10.1 Å². The molecule has 0 radical (unpaired) electrons. The second kappa shape index (κ2) is 12.4. The zero-order valence-electron chi connectivity index (χ0n) is 21.0. The van der Waals surface area contributed by atoms with Crippen LogP contribution in [0.5, 0.6) is 5.88 Å². The first-order valence-electron chi connectivity index (χ1n) is 12.1. The maximum atomic E-state index is 13.5. The van der Waals surface area contributed by atoms with E-state index in [0.29, 0.717) is 25.2 Å². The summed E-state index contributed by atoms with van der Waals surface area (Å²) in [6.07, 6.45) is 6.00. The predicted octanol–water partition coefficient (Wildman–Crippen LogP) is 3.52. The number of hydrogen-bond donors (Lipinski definition) is 2. The molecule has 2 aromatic rings. The second-order valence-electron chi connectivity index (χ2n) is 9.10. The van der Waals surface area contributed by atoms with Gasteiger partial charge in [0.15, 0.2) is 0 Å².